The average Bonchev–Trinajstić information content (AvgIpc) is 3.23. The number of halogens is 1. The highest BCUT2D eigenvalue weighted by Crippen LogP contribution is 2.30. The minimum atomic E-state index is -0.343. The summed E-state index contributed by atoms with van der Waals surface area (Å²) in [5, 5.41) is 2.91. The van der Waals surface area contributed by atoms with Crippen LogP contribution >= 0.6 is 0 Å². The Balaban J connectivity index is 1.38. The molecule has 170 valence electrons. The molecule has 3 fully saturated rings. The van der Waals surface area contributed by atoms with Crippen LogP contribution in [0.1, 0.15) is 56.6 Å². The van der Waals surface area contributed by atoms with Crippen LogP contribution < -0.4 is 11.1 Å². The second kappa shape index (κ2) is 9.25. The van der Waals surface area contributed by atoms with E-state index in [0.29, 0.717) is 31.0 Å². The highest BCUT2D eigenvalue weighted by Gasteiger charge is 2.34. The van der Waals surface area contributed by atoms with Crippen LogP contribution in [0.15, 0.2) is 12.1 Å². The zero-order chi connectivity index (χ0) is 22.1. The Morgan fingerprint density at radius 1 is 1.16 bits per heavy atom. The first-order valence-corrected chi connectivity index (χ1v) is 11.7. The molecule has 1 aromatic rings. The minimum Gasteiger partial charge on any atom is -0.337 e. The molecule has 2 aliphatic carbocycles. The van der Waals surface area contributed by atoms with Gasteiger partial charge in [0.05, 0.1) is 0 Å². The van der Waals surface area contributed by atoms with Crippen molar-refractivity contribution in [3.05, 3.63) is 29.1 Å². The van der Waals surface area contributed by atoms with E-state index in [1.54, 1.807) is 6.07 Å². The molecule has 2 amide bonds. The van der Waals surface area contributed by atoms with E-state index < -0.39 is 0 Å². The van der Waals surface area contributed by atoms with Gasteiger partial charge in [-0.1, -0.05) is 12.8 Å². The van der Waals surface area contributed by atoms with Crippen LogP contribution in [-0.2, 0) is 16.1 Å². The molecule has 0 bridgehead atoms. The van der Waals surface area contributed by atoms with E-state index in [1.165, 1.54) is 6.07 Å². The number of piperazine rings is 1. The molecule has 2 saturated carbocycles. The Kier molecular flexibility index (Phi) is 6.63. The number of nitrogens with one attached hydrogen (secondary N) is 1. The van der Waals surface area contributed by atoms with Gasteiger partial charge in [0.2, 0.25) is 11.8 Å². The maximum atomic E-state index is 14.3. The van der Waals surface area contributed by atoms with Crippen molar-refractivity contribution in [3.63, 3.8) is 0 Å². The van der Waals surface area contributed by atoms with Crippen LogP contribution in [0.2, 0.25) is 0 Å². The molecule has 1 saturated heterocycles. The average molecular weight is 431 g/mol. The normalized spacial score (nSPS) is 27.2. The number of nitrogens with zero attached hydrogens (tertiary/aromatic N) is 2. The summed E-state index contributed by atoms with van der Waals surface area (Å²) in [5.74, 6) is 0.0221. The lowest BCUT2D eigenvalue weighted by Crippen LogP contribution is -2.54. The van der Waals surface area contributed by atoms with Gasteiger partial charge in [-0.15, -0.1) is 0 Å². The number of carbonyl (C=O) groups excluding carboxylic acids is 2. The molecule has 1 heterocycles. The van der Waals surface area contributed by atoms with E-state index in [2.05, 4.69) is 17.1 Å². The molecule has 0 spiro atoms. The Morgan fingerprint density at radius 2 is 1.87 bits per heavy atom. The molecule has 0 radical (unpaired) electrons. The molecule has 31 heavy (non-hydrogen) atoms. The van der Waals surface area contributed by atoms with Gasteiger partial charge >= 0.3 is 0 Å². The number of hydrogen-bond acceptors (Lipinski definition) is 4. The van der Waals surface area contributed by atoms with Crippen LogP contribution in [0.3, 0.4) is 0 Å². The predicted molar refractivity (Wildman–Crippen MR) is 119 cm³/mol. The van der Waals surface area contributed by atoms with E-state index >= 15 is 0 Å². The second-order valence-corrected chi connectivity index (χ2v) is 9.75. The second-order valence-electron chi connectivity index (χ2n) is 9.75. The first kappa shape index (κ1) is 22.2. The Bertz CT molecular complexity index is 833. The van der Waals surface area contributed by atoms with Crippen molar-refractivity contribution in [3.8, 4) is 0 Å². The van der Waals surface area contributed by atoms with Crippen LogP contribution in [-0.4, -0.2) is 53.3 Å². The molecule has 3 N–H and O–H groups in total. The lowest BCUT2D eigenvalue weighted by molar-refractivity contribution is -0.140. The molecule has 6 nitrogen and oxygen atoms in total. The van der Waals surface area contributed by atoms with Gasteiger partial charge in [-0.2, -0.15) is 0 Å². The third-order valence-electron chi connectivity index (χ3n) is 7.38. The number of hydrogen-bond donors (Lipinski definition) is 2. The van der Waals surface area contributed by atoms with Crippen molar-refractivity contribution in [1.29, 1.82) is 0 Å². The Morgan fingerprint density at radius 3 is 2.52 bits per heavy atom. The van der Waals surface area contributed by atoms with Crippen LogP contribution in [0, 0.1) is 24.6 Å². The van der Waals surface area contributed by atoms with Crippen LogP contribution in [0.25, 0.3) is 0 Å². The monoisotopic (exact) mass is 430 g/mol. The number of nitrogens with two attached hydrogens (primary N) is 1. The maximum absolute atomic E-state index is 14.3. The van der Waals surface area contributed by atoms with Gasteiger partial charge in [0, 0.05) is 55.8 Å². The van der Waals surface area contributed by atoms with E-state index in [4.69, 9.17) is 5.73 Å². The third-order valence-corrected chi connectivity index (χ3v) is 7.38. The molecular weight excluding hydrogens is 395 g/mol. The predicted octanol–water partition coefficient (Wildman–Crippen LogP) is 3.03. The fraction of sp³-hybridized carbons (Fsp3) is 0.667. The third kappa shape index (κ3) is 4.93. The molecule has 0 unspecified atom stereocenters. The molecule has 3 aliphatic rings. The van der Waals surface area contributed by atoms with E-state index in [0.717, 1.165) is 56.4 Å². The number of benzene rings is 1. The summed E-state index contributed by atoms with van der Waals surface area (Å²) in [6.07, 6.45) is 5.75. The van der Waals surface area contributed by atoms with Gasteiger partial charge in [0.1, 0.15) is 5.82 Å². The van der Waals surface area contributed by atoms with Crippen molar-refractivity contribution in [2.75, 3.05) is 25.0 Å². The van der Waals surface area contributed by atoms with Crippen molar-refractivity contribution >= 4 is 17.5 Å². The largest absolute Gasteiger partial charge is 0.337 e. The molecule has 1 aromatic carbocycles. The quantitative estimate of drug-likeness (QED) is 0.753. The molecular formula is C24H35FN4O2. The molecule has 1 aliphatic heterocycles. The summed E-state index contributed by atoms with van der Waals surface area (Å²) in [7, 11) is 0. The molecule has 4 rings (SSSR count). The maximum Gasteiger partial charge on any atom is 0.227 e. The number of amides is 2. The highest BCUT2D eigenvalue weighted by atomic mass is 19.1. The lowest BCUT2D eigenvalue weighted by atomic mass is 9.80. The van der Waals surface area contributed by atoms with Gasteiger partial charge < -0.3 is 16.0 Å². The summed E-state index contributed by atoms with van der Waals surface area (Å²) in [5.41, 5.74) is 8.11. The number of carbonyl (C=O) groups is 2. The molecule has 1 atom stereocenters. The van der Waals surface area contributed by atoms with Crippen LogP contribution in [0.4, 0.5) is 10.1 Å². The first-order chi connectivity index (χ1) is 14.8. The first-order valence-electron chi connectivity index (χ1n) is 11.7. The van der Waals surface area contributed by atoms with Crippen molar-refractivity contribution in [2.24, 2.45) is 17.6 Å². The van der Waals surface area contributed by atoms with Gasteiger partial charge in [0.25, 0.3) is 0 Å². The number of rotatable bonds is 5. The van der Waals surface area contributed by atoms with Gasteiger partial charge in [0.15, 0.2) is 0 Å². The highest BCUT2D eigenvalue weighted by molar-refractivity contribution is 5.94. The van der Waals surface area contributed by atoms with Gasteiger partial charge in [-0.3, -0.25) is 14.5 Å². The molecule has 7 heteroatoms. The Labute approximate surface area is 184 Å². The summed E-state index contributed by atoms with van der Waals surface area (Å²) < 4.78 is 14.3. The summed E-state index contributed by atoms with van der Waals surface area (Å²) in [6, 6.07) is 3.21. The zero-order valence-electron chi connectivity index (χ0n) is 18.7. The topological polar surface area (TPSA) is 78.7 Å². The van der Waals surface area contributed by atoms with E-state index in [9.17, 15) is 14.0 Å². The minimum absolute atomic E-state index is 0.0750. The number of anilines is 1. The van der Waals surface area contributed by atoms with Crippen molar-refractivity contribution in [2.45, 2.75) is 71.0 Å². The van der Waals surface area contributed by atoms with Gasteiger partial charge in [-0.25, -0.2) is 4.39 Å². The summed E-state index contributed by atoms with van der Waals surface area (Å²) in [6.45, 7) is 6.91. The summed E-state index contributed by atoms with van der Waals surface area (Å²) >= 11 is 0. The Hall–Kier alpha value is -1.99. The fourth-order valence-electron chi connectivity index (χ4n) is 5.29. The fourth-order valence-corrected chi connectivity index (χ4v) is 5.29. The summed E-state index contributed by atoms with van der Waals surface area (Å²) in [4.78, 5) is 29.6. The van der Waals surface area contributed by atoms with E-state index in [-0.39, 0.29) is 35.6 Å². The van der Waals surface area contributed by atoms with Gasteiger partial charge in [-0.05, 0) is 62.8 Å². The zero-order valence-corrected chi connectivity index (χ0v) is 18.7. The lowest BCUT2D eigenvalue weighted by Gasteiger charge is -2.41. The SMILES string of the molecule is Cc1c(CN2CCN(C(=O)C3CCCC3)[C@@H](C)C2)cc(F)cc1NC(=O)[C@H]1C[C@H](N)C1. The van der Waals surface area contributed by atoms with Crippen molar-refractivity contribution < 1.29 is 14.0 Å². The van der Waals surface area contributed by atoms with Crippen molar-refractivity contribution in [1.82, 2.24) is 9.80 Å². The van der Waals surface area contributed by atoms with Crippen LogP contribution in [0.5, 0.6) is 0 Å². The molecule has 0 aromatic heterocycles. The standard InChI is InChI=1S/C24H35FN4O2/c1-15-13-28(7-8-29(15)24(31)17-5-3-4-6-17)14-19-9-20(25)12-22(16(19)2)27-23(30)18-10-21(26)11-18/h9,12,15,17-18,21H,3-8,10-11,13-14,26H2,1-2H3,(H,27,30)/t15-,18-,21-/m0/s1. The van der Waals surface area contributed by atoms with E-state index in [1.807, 2.05) is 11.8 Å². The smallest absolute Gasteiger partial charge is 0.227 e.